The Morgan fingerprint density at radius 2 is 1.53 bits per heavy atom. The molecular weight excluding hydrogens is 606 g/mol. The first-order valence-corrected chi connectivity index (χ1v) is 15.5. The number of para-hydroxylation sites is 1. The second kappa shape index (κ2) is 15.9. The number of aromatic amines is 1. The predicted octanol–water partition coefficient (Wildman–Crippen LogP) is -0.130. The van der Waals surface area contributed by atoms with Crippen molar-refractivity contribution in [2.45, 2.75) is 69.7 Å². The van der Waals surface area contributed by atoms with Crippen LogP contribution in [-0.2, 0) is 41.6 Å². The fourth-order valence-corrected chi connectivity index (χ4v) is 5.37. The number of fused-ring (bicyclic) bond motifs is 1. The number of H-pyrrole nitrogens is 1. The normalized spacial score (nSPS) is 22.0. The van der Waals surface area contributed by atoms with Gasteiger partial charge in [-0.1, -0.05) is 62.4 Å². The first-order chi connectivity index (χ1) is 22.4. The van der Waals surface area contributed by atoms with Gasteiger partial charge in [0.05, 0.1) is 12.5 Å². The highest BCUT2D eigenvalue weighted by Crippen LogP contribution is 2.19. The molecule has 0 spiro atoms. The molecule has 5 unspecified atom stereocenters. The standard InChI is InChI=1S/C33H41N7O7/c1-18(2)12-26(33(46)47)39-32(45)27-17-36-28(41)15-22(34)29(42)37-25(14-20-16-35-23-11-7-6-10-21(20)23)31(44)38-24(30(43)40-27)13-19-8-4-3-5-9-19/h3-11,16,18,22,24-27,35H,12-15,17,34H2,1-2H3,(H,36,41)(H,37,42)(H,38,44)(H,39,45)(H,40,43)(H,46,47). The summed E-state index contributed by atoms with van der Waals surface area (Å²) in [5.41, 5.74) is 8.31. The SMILES string of the molecule is CC(C)CC(NC(=O)C1CNC(=O)CC(N)C(=O)NC(Cc2c[nH]c3ccccc23)C(=O)NC(Cc2ccccc2)C(=O)N1)C(=O)O. The van der Waals surface area contributed by atoms with Crippen molar-refractivity contribution in [2.24, 2.45) is 11.7 Å². The zero-order chi connectivity index (χ0) is 34.1. The quantitative estimate of drug-likeness (QED) is 0.156. The number of carboxylic acids is 1. The Kier molecular flexibility index (Phi) is 11.7. The second-order valence-electron chi connectivity index (χ2n) is 12.1. The van der Waals surface area contributed by atoms with Gasteiger partial charge in [0, 0.05) is 36.5 Å². The molecule has 3 aromatic rings. The Morgan fingerprint density at radius 3 is 2.23 bits per heavy atom. The van der Waals surface area contributed by atoms with E-state index in [-0.39, 0.29) is 25.2 Å². The molecule has 5 amide bonds. The molecule has 2 aromatic carbocycles. The third-order valence-corrected chi connectivity index (χ3v) is 7.85. The summed E-state index contributed by atoms with van der Waals surface area (Å²) in [6.45, 7) is 3.18. The van der Waals surface area contributed by atoms with Crippen LogP contribution in [0.5, 0.6) is 0 Å². The minimum absolute atomic E-state index is 0.0253. The number of carbonyl (C=O) groups is 6. The van der Waals surface area contributed by atoms with Gasteiger partial charge < -0.3 is 42.4 Å². The van der Waals surface area contributed by atoms with E-state index >= 15 is 0 Å². The van der Waals surface area contributed by atoms with E-state index in [1.807, 2.05) is 24.3 Å². The molecule has 14 nitrogen and oxygen atoms in total. The topological polar surface area (TPSA) is 225 Å². The van der Waals surface area contributed by atoms with Crippen LogP contribution in [0, 0.1) is 5.92 Å². The van der Waals surface area contributed by atoms with Crippen LogP contribution < -0.4 is 32.3 Å². The second-order valence-corrected chi connectivity index (χ2v) is 12.1. The van der Waals surface area contributed by atoms with Gasteiger partial charge in [0.25, 0.3) is 0 Å². The molecule has 250 valence electrons. The third-order valence-electron chi connectivity index (χ3n) is 7.85. The summed E-state index contributed by atoms with van der Waals surface area (Å²) in [6, 6.07) is 9.91. The number of nitrogens with one attached hydrogen (secondary N) is 6. The zero-order valence-electron chi connectivity index (χ0n) is 26.2. The molecule has 0 aliphatic carbocycles. The van der Waals surface area contributed by atoms with Crippen LogP contribution in [0.1, 0.15) is 37.8 Å². The van der Waals surface area contributed by atoms with Crippen molar-refractivity contribution in [2.75, 3.05) is 6.54 Å². The van der Waals surface area contributed by atoms with E-state index < -0.39 is 78.7 Å². The largest absolute Gasteiger partial charge is 0.480 e. The lowest BCUT2D eigenvalue weighted by molar-refractivity contribution is -0.143. The molecule has 9 N–H and O–H groups in total. The molecule has 1 aliphatic rings. The maximum atomic E-state index is 13.9. The summed E-state index contributed by atoms with van der Waals surface area (Å²) in [5, 5.41) is 23.4. The van der Waals surface area contributed by atoms with Crippen molar-refractivity contribution in [1.82, 2.24) is 31.6 Å². The molecule has 2 heterocycles. The lowest BCUT2D eigenvalue weighted by Gasteiger charge is -2.28. The average Bonchev–Trinajstić information content (AvgIpc) is 3.44. The molecule has 5 atom stereocenters. The average molecular weight is 648 g/mol. The highest BCUT2D eigenvalue weighted by Gasteiger charge is 2.34. The first kappa shape index (κ1) is 34.6. The van der Waals surface area contributed by atoms with E-state index in [4.69, 9.17) is 5.73 Å². The molecule has 4 rings (SSSR count). The molecule has 0 saturated carbocycles. The summed E-state index contributed by atoms with van der Waals surface area (Å²) in [5.74, 6) is -5.04. The summed E-state index contributed by atoms with van der Waals surface area (Å²) in [7, 11) is 0. The molecule has 1 aliphatic heterocycles. The van der Waals surface area contributed by atoms with Gasteiger partial charge in [0.2, 0.25) is 29.5 Å². The van der Waals surface area contributed by atoms with Gasteiger partial charge in [0.15, 0.2) is 0 Å². The molecule has 1 saturated heterocycles. The number of rotatable bonds is 9. The van der Waals surface area contributed by atoms with Crippen LogP contribution >= 0.6 is 0 Å². The van der Waals surface area contributed by atoms with Gasteiger partial charge >= 0.3 is 5.97 Å². The Hall–Kier alpha value is -5.24. The lowest BCUT2D eigenvalue weighted by Crippen LogP contribution is -2.61. The number of hydrogen-bond acceptors (Lipinski definition) is 7. The van der Waals surface area contributed by atoms with E-state index in [0.717, 1.165) is 16.5 Å². The van der Waals surface area contributed by atoms with Crippen LogP contribution in [0.2, 0.25) is 0 Å². The van der Waals surface area contributed by atoms with Gasteiger partial charge in [-0.25, -0.2) is 4.79 Å². The molecular formula is C33H41N7O7. The lowest BCUT2D eigenvalue weighted by atomic mass is 10.0. The van der Waals surface area contributed by atoms with E-state index in [0.29, 0.717) is 5.56 Å². The first-order valence-electron chi connectivity index (χ1n) is 15.5. The van der Waals surface area contributed by atoms with E-state index in [2.05, 4.69) is 31.6 Å². The summed E-state index contributed by atoms with van der Waals surface area (Å²) in [4.78, 5) is 82.0. The van der Waals surface area contributed by atoms with Gasteiger partial charge in [-0.15, -0.1) is 0 Å². The van der Waals surface area contributed by atoms with Crippen molar-refractivity contribution >= 4 is 46.4 Å². The van der Waals surface area contributed by atoms with Crippen molar-refractivity contribution in [3.63, 3.8) is 0 Å². The molecule has 0 bridgehead atoms. The summed E-state index contributed by atoms with van der Waals surface area (Å²) < 4.78 is 0. The number of hydrogen-bond donors (Lipinski definition) is 8. The number of carbonyl (C=O) groups excluding carboxylic acids is 5. The predicted molar refractivity (Wildman–Crippen MR) is 173 cm³/mol. The molecule has 14 heteroatoms. The van der Waals surface area contributed by atoms with Crippen molar-refractivity contribution in [1.29, 1.82) is 0 Å². The van der Waals surface area contributed by atoms with Gasteiger partial charge in [-0.05, 0) is 29.5 Å². The number of aromatic nitrogens is 1. The minimum Gasteiger partial charge on any atom is -0.480 e. The summed E-state index contributed by atoms with van der Waals surface area (Å²) in [6.07, 6.45) is 1.44. The molecule has 1 fully saturated rings. The maximum absolute atomic E-state index is 13.9. The van der Waals surface area contributed by atoms with Gasteiger partial charge in [0.1, 0.15) is 24.2 Å². The zero-order valence-corrected chi connectivity index (χ0v) is 26.2. The highest BCUT2D eigenvalue weighted by molar-refractivity contribution is 5.97. The van der Waals surface area contributed by atoms with Crippen LogP contribution in [0.3, 0.4) is 0 Å². The fraction of sp³-hybridized carbons (Fsp3) is 0.394. The van der Waals surface area contributed by atoms with Gasteiger partial charge in [-0.3, -0.25) is 24.0 Å². The van der Waals surface area contributed by atoms with Crippen molar-refractivity contribution in [3.05, 3.63) is 71.9 Å². The maximum Gasteiger partial charge on any atom is 0.326 e. The Labute approximate surface area is 271 Å². The number of nitrogens with two attached hydrogens (primary N) is 1. The minimum atomic E-state index is -1.41. The van der Waals surface area contributed by atoms with Gasteiger partial charge in [-0.2, -0.15) is 0 Å². The van der Waals surface area contributed by atoms with E-state index in [9.17, 15) is 33.9 Å². The Bertz CT molecular complexity index is 1610. The molecule has 0 radical (unpaired) electrons. The van der Waals surface area contributed by atoms with Crippen molar-refractivity contribution in [3.8, 4) is 0 Å². The number of carboxylic acid groups (broad SMARTS) is 1. The molecule has 1 aromatic heterocycles. The van der Waals surface area contributed by atoms with Crippen LogP contribution in [0.4, 0.5) is 0 Å². The third kappa shape index (κ3) is 9.63. The fourth-order valence-electron chi connectivity index (χ4n) is 5.37. The van der Waals surface area contributed by atoms with E-state index in [1.54, 1.807) is 50.4 Å². The van der Waals surface area contributed by atoms with Crippen molar-refractivity contribution < 1.29 is 33.9 Å². The summed E-state index contributed by atoms with van der Waals surface area (Å²) >= 11 is 0. The smallest absolute Gasteiger partial charge is 0.326 e. The highest BCUT2D eigenvalue weighted by atomic mass is 16.4. The number of benzene rings is 2. The molecule has 47 heavy (non-hydrogen) atoms. The van der Waals surface area contributed by atoms with E-state index in [1.165, 1.54) is 0 Å². The number of aliphatic carboxylic acids is 1. The monoisotopic (exact) mass is 647 g/mol. The Balaban J connectivity index is 1.66. The van der Waals surface area contributed by atoms with Crippen LogP contribution in [0.25, 0.3) is 10.9 Å². The Morgan fingerprint density at radius 1 is 0.894 bits per heavy atom. The number of amides is 5. The van der Waals surface area contributed by atoms with Crippen LogP contribution in [-0.4, -0.2) is 82.3 Å². The van der Waals surface area contributed by atoms with Crippen LogP contribution in [0.15, 0.2) is 60.8 Å².